The average molecular weight is 386 g/mol. The van der Waals surface area contributed by atoms with Gasteiger partial charge in [-0.15, -0.1) is 0 Å². The highest BCUT2D eigenvalue weighted by atomic mass is 19.1. The number of rotatable bonds is 2. The molecule has 1 fully saturated rings. The maximum Gasteiger partial charge on any atom is 0.289 e. The van der Waals surface area contributed by atoms with Gasteiger partial charge >= 0.3 is 0 Å². The van der Waals surface area contributed by atoms with Crippen LogP contribution in [0.3, 0.4) is 0 Å². The number of halogens is 1. The molecular weight excluding hydrogens is 365 g/mol. The monoisotopic (exact) mass is 386 g/mol. The second-order valence-corrected chi connectivity index (χ2v) is 7.48. The second-order valence-electron chi connectivity index (χ2n) is 7.48. The highest BCUT2D eigenvalue weighted by Gasteiger charge is 2.32. The number of aromatic nitrogens is 1. The van der Waals surface area contributed by atoms with Gasteiger partial charge in [0.15, 0.2) is 5.69 Å². The largest absolute Gasteiger partial charge is 0.369 e. The Kier molecular flexibility index (Phi) is 4.56. The van der Waals surface area contributed by atoms with E-state index in [-0.39, 0.29) is 11.6 Å². The van der Waals surface area contributed by atoms with Crippen molar-refractivity contribution in [2.75, 3.05) is 23.7 Å². The number of anilines is 2. The first-order valence-corrected chi connectivity index (χ1v) is 9.60. The molecule has 2 aliphatic rings. The molecule has 2 aromatic rings. The molecule has 0 radical (unpaired) electrons. The molecule has 5 nitrogen and oxygen atoms in total. The first-order chi connectivity index (χ1) is 14.0. The third-order valence-corrected chi connectivity index (χ3v) is 5.78. The summed E-state index contributed by atoms with van der Waals surface area (Å²) in [6, 6.07) is 9.58. The van der Waals surface area contributed by atoms with Gasteiger partial charge in [-0.1, -0.05) is 6.07 Å². The lowest BCUT2D eigenvalue weighted by atomic mass is 9.95. The Hall–Kier alpha value is -3.64. The van der Waals surface area contributed by atoms with Crippen LogP contribution in [0.25, 0.3) is 17.2 Å². The first-order valence-electron chi connectivity index (χ1n) is 9.60. The fourth-order valence-electron chi connectivity index (χ4n) is 4.27. The van der Waals surface area contributed by atoms with E-state index in [0.29, 0.717) is 33.6 Å². The Labute approximate surface area is 169 Å². The van der Waals surface area contributed by atoms with E-state index < -0.39 is 0 Å². The molecule has 0 unspecified atom stereocenters. The Morgan fingerprint density at radius 1 is 1.17 bits per heavy atom. The molecule has 0 spiro atoms. The molecule has 0 bridgehead atoms. The summed E-state index contributed by atoms with van der Waals surface area (Å²) in [6.45, 7) is 5.44. The molecule has 3 N–H and O–H groups in total. The molecule has 2 heterocycles. The normalized spacial score (nSPS) is 16.9. The van der Waals surface area contributed by atoms with Crippen LogP contribution in [0, 0.1) is 35.4 Å². The molecule has 0 atom stereocenters. The van der Waals surface area contributed by atoms with Crippen molar-refractivity contribution in [1.82, 2.24) is 0 Å². The number of nitriles is 2. The summed E-state index contributed by atoms with van der Waals surface area (Å²) in [5.41, 5.74) is 11.8. The highest BCUT2D eigenvalue weighted by molar-refractivity contribution is 6.07. The van der Waals surface area contributed by atoms with Gasteiger partial charge in [0.2, 0.25) is 0 Å². The van der Waals surface area contributed by atoms with Crippen LogP contribution in [0.15, 0.2) is 23.8 Å². The minimum absolute atomic E-state index is 0.242. The molecule has 1 aromatic heterocycles. The van der Waals surface area contributed by atoms with Gasteiger partial charge in [0.05, 0.1) is 5.69 Å². The van der Waals surface area contributed by atoms with Gasteiger partial charge in [0.25, 0.3) is 5.82 Å². The summed E-state index contributed by atoms with van der Waals surface area (Å²) in [6.07, 6.45) is 4.04. The summed E-state index contributed by atoms with van der Waals surface area (Å²) in [5.74, 6) is -0.00789. The zero-order valence-corrected chi connectivity index (χ0v) is 16.4. The maximum atomic E-state index is 14.8. The lowest BCUT2D eigenvalue weighted by Gasteiger charge is -2.18. The van der Waals surface area contributed by atoms with Gasteiger partial charge in [0.1, 0.15) is 29.1 Å². The Morgan fingerprint density at radius 3 is 2.52 bits per heavy atom. The lowest BCUT2D eigenvalue weighted by Crippen LogP contribution is -2.20. The van der Waals surface area contributed by atoms with E-state index in [0.717, 1.165) is 42.6 Å². The molecule has 1 aromatic carbocycles. The van der Waals surface area contributed by atoms with Crippen LogP contribution >= 0.6 is 0 Å². The number of nitrogen functional groups attached to an aromatic ring is 1. The summed E-state index contributed by atoms with van der Waals surface area (Å²) < 4.78 is 14.8. The van der Waals surface area contributed by atoms with Gasteiger partial charge in [-0.2, -0.15) is 10.5 Å². The molecule has 1 saturated heterocycles. The molecule has 29 heavy (non-hydrogen) atoms. The predicted octanol–water partition coefficient (Wildman–Crippen LogP) is 3.85. The van der Waals surface area contributed by atoms with Crippen LogP contribution < -0.4 is 15.6 Å². The summed E-state index contributed by atoms with van der Waals surface area (Å²) in [5, 5.41) is 19.1. The Bertz CT molecular complexity index is 1170. The van der Waals surface area contributed by atoms with E-state index in [4.69, 9.17) is 5.73 Å². The van der Waals surface area contributed by atoms with Crippen molar-refractivity contribution in [2.45, 2.75) is 26.7 Å². The summed E-state index contributed by atoms with van der Waals surface area (Å²) >= 11 is 0. The number of hydrogen-bond donors (Lipinski definition) is 1. The number of allylic oxidation sites excluding steroid dienone is 3. The van der Waals surface area contributed by atoms with Crippen molar-refractivity contribution in [3.05, 3.63) is 57.5 Å². The average Bonchev–Trinajstić information content (AvgIpc) is 3.30. The van der Waals surface area contributed by atoms with Gasteiger partial charge in [-0.3, -0.25) is 5.73 Å². The smallest absolute Gasteiger partial charge is 0.289 e. The van der Waals surface area contributed by atoms with Crippen molar-refractivity contribution >= 4 is 28.7 Å². The lowest BCUT2D eigenvalue weighted by molar-refractivity contribution is -0.364. The molecule has 0 saturated carbocycles. The maximum absolute atomic E-state index is 14.8. The van der Waals surface area contributed by atoms with Gasteiger partial charge in [0, 0.05) is 18.7 Å². The van der Waals surface area contributed by atoms with Crippen molar-refractivity contribution in [2.24, 2.45) is 0 Å². The van der Waals surface area contributed by atoms with Crippen LogP contribution in [-0.2, 0) is 0 Å². The number of hydrogen-bond acceptors (Lipinski definition) is 4. The van der Waals surface area contributed by atoms with E-state index in [1.54, 1.807) is 0 Å². The predicted molar refractivity (Wildman–Crippen MR) is 111 cm³/mol. The first kappa shape index (κ1) is 18.7. The van der Waals surface area contributed by atoms with E-state index in [1.165, 1.54) is 6.07 Å². The van der Waals surface area contributed by atoms with E-state index in [1.807, 2.05) is 32.1 Å². The van der Waals surface area contributed by atoms with Crippen LogP contribution in [-0.4, -0.2) is 13.1 Å². The minimum Gasteiger partial charge on any atom is -0.369 e. The van der Waals surface area contributed by atoms with E-state index in [9.17, 15) is 14.9 Å². The number of aromatic amines is 1. The number of fused-ring (bicyclic) bond motifs is 1. The quantitative estimate of drug-likeness (QED) is 0.849. The third kappa shape index (κ3) is 2.94. The van der Waals surface area contributed by atoms with Crippen LogP contribution in [0.2, 0.25) is 0 Å². The Morgan fingerprint density at radius 2 is 1.90 bits per heavy atom. The minimum atomic E-state index is -0.250. The number of nitrogens with zero attached hydrogens (tertiary/aromatic N) is 3. The van der Waals surface area contributed by atoms with Crippen molar-refractivity contribution < 1.29 is 9.37 Å². The third-order valence-electron chi connectivity index (χ3n) is 5.78. The number of benzene rings is 1. The molecule has 1 aliphatic heterocycles. The number of pyridine rings is 1. The van der Waals surface area contributed by atoms with Crippen LogP contribution in [0.4, 0.5) is 15.9 Å². The van der Waals surface area contributed by atoms with E-state index in [2.05, 4.69) is 22.0 Å². The molecule has 6 heteroatoms. The highest BCUT2D eigenvalue weighted by Crippen LogP contribution is 2.43. The molecule has 144 valence electrons. The van der Waals surface area contributed by atoms with Gasteiger partial charge in [-0.05, 0) is 67.2 Å². The zero-order chi connectivity index (χ0) is 20.7. The summed E-state index contributed by atoms with van der Waals surface area (Å²) in [4.78, 5) is 5.07. The SMILES string of the molecule is CC1=C(C#N)c2[nH+]c(N)c(C#N)c(C)c2C1=Cc1ccc(N2CCCC2)c(F)c1. The number of nitrogens with one attached hydrogen (secondary N) is 1. The second kappa shape index (κ2) is 7.07. The van der Waals surface area contributed by atoms with Gasteiger partial charge in [-0.25, -0.2) is 9.37 Å². The van der Waals surface area contributed by atoms with Crippen molar-refractivity contribution in [3.63, 3.8) is 0 Å². The number of H-pyrrole nitrogens is 1. The number of nitrogens with two attached hydrogens (primary N) is 1. The van der Waals surface area contributed by atoms with Gasteiger partial charge < -0.3 is 4.90 Å². The molecule has 4 rings (SSSR count). The standard InChI is InChI=1S/C23H20FN5/c1-13-16(9-15-5-6-20(19(24)10-15)29-7-3-4-8-29)21-14(2)18(12-26)23(27)28-22(21)17(13)11-25/h5-6,9-10H,3-4,7-8H2,1-2H3,(H2,27,28)/p+1. The van der Waals surface area contributed by atoms with Crippen LogP contribution in [0.5, 0.6) is 0 Å². The Balaban J connectivity index is 1.85. The molecular formula is C23H21FN5+. The van der Waals surface area contributed by atoms with Crippen LogP contribution in [0.1, 0.15) is 47.7 Å². The molecule has 1 aliphatic carbocycles. The molecule has 0 amide bonds. The van der Waals surface area contributed by atoms with Crippen molar-refractivity contribution in [3.8, 4) is 12.1 Å². The topological polar surface area (TPSA) is 91.0 Å². The summed E-state index contributed by atoms with van der Waals surface area (Å²) in [7, 11) is 0. The fourth-order valence-corrected chi connectivity index (χ4v) is 4.27. The van der Waals surface area contributed by atoms with E-state index >= 15 is 0 Å². The zero-order valence-electron chi connectivity index (χ0n) is 16.4. The fraction of sp³-hybridized carbons (Fsp3) is 0.261. The van der Waals surface area contributed by atoms with Crippen molar-refractivity contribution in [1.29, 1.82) is 10.5 Å².